The van der Waals surface area contributed by atoms with Crippen LogP contribution in [0.2, 0.25) is 10.0 Å². The van der Waals surface area contributed by atoms with Crippen LogP contribution in [0.5, 0.6) is 0 Å². The van der Waals surface area contributed by atoms with Crippen LogP contribution in [0, 0.1) is 5.92 Å². The maximum absolute atomic E-state index is 12.3. The molecule has 1 unspecified atom stereocenters. The lowest BCUT2D eigenvalue weighted by molar-refractivity contribution is -0.126. The number of rotatable bonds is 4. The molecule has 24 heavy (non-hydrogen) atoms. The number of carbonyl (C=O) groups is 2. The highest BCUT2D eigenvalue weighted by Crippen LogP contribution is 2.33. The molecular formula is C18H16Cl2N2O2. The summed E-state index contributed by atoms with van der Waals surface area (Å²) >= 11 is 12.1. The van der Waals surface area contributed by atoms with Gasteiger partial charge in [0.1, 0.15) is 0 Å². The van der Waals surface area contributed by atoms with Gasteiger partial charge in [-0.25, -0.2) is 0 Å². The predicted molar refractivity (Wildman–Crippen MR) is 95.2 cm³/mol. The van der Waals surface area contributed by atoms with Crippen molar-refractivity contribution < 1.29 is 9.59 Å². The van der Waals surface area contributed by atoms with Crippen molar-refractivity contribution in [2.45, 2.75) is 13.0 Å². The Balaban J connectivity index is 1.66. The Morgan fingerprint density at radius 3 is 2.67 bits per heavy atom. The van der Waals surface area contributed by atoms with Crippen molar-refractivity contribution in [3.05, 3.63) is 64.1 Å². The van der Waals surface area contributed by atoms with Crippen LogP contribution >= 0.6 is 23.2 Å². The number of anilines is 1. The van der Waals surface area contributed by atoms with E-state index in [2.05, 4.69) is 5.32 Å². The lowest BCUT2D eigenvalue weighted by Crippen LogP contribution is -2.32. The van der Waals surface area contributed by atoms with Crippen LogP contribution in [0.15, 0.2) is 48.5 Å². The van der Waals surface area contributed by atoms with E-state index in [1.807, 2.05) is 30.3 Å². The number of halogens is 2. The van der Waals surface area contributed by atoms with Gasteiger partial charge in [0.2, 0.25) is 11.8 Å². The summed E-state index contributed by atoms with van der Waals surface area (Å²) in [7, 11) is 0. The second-order valence-corrected chi connectivity index (χ2v) is 6.55. The van der Waals surface area contributed by atoms with Gasteiger partial charge in [0.15, 0.2) is 0 Å². The molecule has 124 valence electrons. The third-order valence-electron chi connectivity index (χ3n) is 4.00. The Morgan fingerprint density at radius 2 is 1.92 bits per heavy atom. The van der Waals surface area contributed by atoms with E-state index >= 15 is 0 Å². The normalized spacial score (nSPS) is 17.2. The van der Waals surface area contributed by atoms with E-state index in [9.17, 15) is 9.59 Å². The highest BCUT2D eigenvalue weighted by molar-refractivity contribution is 6.35. The smallest absolute Gasteiger partial charge is 0.227 e. The Morgan fingerprint density at radius 1 is 1.17 bits per heavy atom. The van der Waals surface area contributed by atoms with Crippen LogP contribution in [-0.4, -0.2) is 18.4 Å². The molecule has 1 aliphatic rings. The maximum Gasteiger partial charge on any atom is 0.227 e. The van der Waals surface area contributed by atoms with Gasteiger partial charge in [-0.3, -0.25) is 9.59 Å². The highest BCUT2D eigenvalue weighted by atomic mass is 35.5. The monoisotopic (exact) mass is 362 g/mol. The lowest BCUT2D eigenvalue weighted by atomic mass is 10.1. The van der Waals surface area contributed by atoms with E-state index in [0.717, 1.165) is 5.56 Å². The first-order chi connectivity index (χ1) is 11.5. The number of benzene rings is 2. The zero-order valence-corrected chi connectivity index (χ0v) is 14.3. The number of carbonyl (C=O) groups excluding carboxylic acids is 2. The van der Waals surface area contributed by atoms with Gasteiger partial charge >= 0.3 is 0 Å². The minimum Gasteiger partial charge on any atom is -0.352 e. The summed E-state index contributed by atoms with van der Waals surface area (Å²) in [5.74, 6) is -0.650. The average Bonchev–Trinajstić information content (AvgIpc) is 2.97. The van der Waals surface area contributed by atoms with Crippen molar-refractivity contribution in [2.75, 3.05) is 11.4 Å². The van der Waals surface area contributed by atoms with Crippen LogP contribution in [-0.2, 0) is 16.1 Å². The lowest BCUT2D eigenvalue weighted by Gasteiger charge is -2.18. The summed E-state index contributed by atoms with van der Waals surface area (Å²) in [5, 5.41) is 3.82. The van der Waals surface area contributed by atoms with Crippen molar-refractivity contribution in [1.29, 1.82) is 0 Å². The van der Waals surface area contributed by atoms with E-state index in [1.165, 1.54) is 4.90 Å². The summed E-state index contributed by atoms with van der Waals surface area (Å²) in [4.78, 5) is 26.1. The Labute approximate surface area is 150 Å². The van der Waals surface area contributed by atoms with Gasteiger partial charge in [0.25, 0.3) is 0 Å². The minimum atomic E-state index is -0.392. The molecule has 2 aromatic rings. The van der Waals surface area contributed by atoms with Crippen molar-refractivity contribution in [2.24, 2.45) is 5.92 Å². The SMILES string of the molecule is O=C(NCc1ccccc1)C1CC(=O)N(c2cc(Cl)ccc2Cl)C1. The molecule has 6 heteroatoms. The maximum atomic E-state index is 12.3. The fraction of sp³-hybridized carbons (Fsp3) is 0.222. The molecule has 4 nitrogen and oxygen atoms in total. The van der Waals surface area contributed by atoms with Crippen LogP contribution in [0.1, 0.15) is 12.0 Å². The quantitative estimate of drug-likeness (QED) is 0.901. The molecule has 2 aromatic carbocycles. The molecule has 1 heterocycles. The van der Waals surface area contributed by atoms with Gasteiger partial charge in [0.05, 0.1) is 16.6 Å². The number of hydrogen-bond donors (Lipinski definition) is 1. The average molecular weight is 363 g/mol. The second kappa shape index (κ2) is 7.24. The predicted octanol–water partition coefficient (Wildman–Crippen LogP) is 3.66. The van der Waals surface area contributed by atoms with Crippen LogP contribution in [0.3, 0.4) is 0 Å². The Kier molecular flexibility index (Phi) is 5.07. The van der Waals surface area contributed by atoms with Gasteiger partial charge in [-0.05, 0) is 23.8 Å². The molecule has 0 saturated carbocycles. The van der Waals surface area contributed by atoms with Crippen molar-refractivity contribution in [3.63, 3.8) is 0 Å². The molecule has 0 aliphatic carbocycles. The highest BCUT2D eigenvalue weighted by Gasteiger charge is 2.35. The molecule has 1 N–H and O–H groups in total. The van der Waals surface area contributed by atoms with Crippen LogP contribution in [0.4, 0.5) is 5.69 Å². The van der Waals surface area contributed by atoms with Gasteiger partial charge in [0, 0.05) is 24.5 Å². The van der Waals surface area contributed by atoms with Crippen LogP contribution in [0.25, 0.3) is 0 Å². The van der Waals surface area contributed by atoms with Gasteiger partial charge < -0.3 is 10.2 Å². The van der Waals surface area contributed by atoms with Crippen molar-refractivity contribution in [1.82, 2.24) is 5.32 Å². The molecule has 0 aromatic heterocycles. The molecular weight excluding hydrogens is 347 g/mol. The molecule has 3 rings (SSSR count). The number of hydrogen-bond acceptors (Lipinski definition) is 2. The van der Waals surface area contributed by atoms with Gasteiger partial charge in [-0.2, -0.15) is 0 Å². The largest absolute Gasteiger partial charge is 0.352 e. The Hall–Kier alpha value is -2.04. The Bertz CT molecular complexity index is 765. The van der Waals surface area contributed by atoms with Crippen LogP contribution < -0.4 is 10.2 Å². The van der Waals surface area contributed by atoms with E-state index in [0.29, 0.717) is 28.8 Å². The summed E-state index contributed by atoms with van der Waals surface area (Å²) < 4.78 is 0. The topological polar surface area (TPSA) is 49.4 Å². The molecule has 1 aliphatic heterocycles. The third-order valence-corrected chi connectivity index (χ3v) is 4.56. The number of nitrogens with zero attached hydrogens (tertiary/aromatic N) is 1. The van der Waals surface area contributed by atoms with Crippen molar-refractivity contribution >= 4 is 40.7 Å². The summed E-state index contributed by atoms with van der Waals surface area (Å²) in [5.41, 5.74) is 1.57. The molecule has 1 atom stereocenters. The van der Waals surface area contributed by atoms with Gasteiger partial charge in [-0.1, -0.05) is 53.5 Å². The summed E-state index contributed by atoms with van der Waals surface area (Å²) in [6.07, 6.45) is 0.170. The summed E-state index contributed by atoms with van der Waals surface area (Å²) in [6.45, 7) is 0.752. The number of nitrogens with one attached hydrogen (secondary N) is 1. The molecule has 1 saturated heterocycles. The number of amides is 2. The van der Waals surface area contributed by atoms with E-state index in [4.69, 9.17) is 23.2 Å². The first kappa shape index (κ1) is 16.8. The third kappa shape index (κ3) is 3.71. The fourth-order valence-corrected chi connectivity index (χ4v) is 3.12. The molecule has 2 amide bonds. The van der Waals surface area contributed by atoms with E-state index in [1.54, 1.807) is 18.2 Å². The zero-order valence-electron chi connectivity index (χ0n) is 12.8. The molecule has 0 spiro atoms. The van der Waals surface area contributed by atoms with Crippen molar-refractivity contribution in [3.8, 4) is 0 Å². The summed E-state index contributed by atoms with van der Waals surface area (Å²) in [6, 6.07) is 14.6. The first-order valence-electron chi connectivity index (χ1n) is 7.61. The van der Waals surface area contributed by atoms with E-state index < -0.39 is 5.92 Å². The molecule has 0 radical (unpaired) electrons. The minimum absolute atomic E-state index is 0.126. The second-order valence-electron chi connectivity index (χ2n) is 5.70. The van der Waals surface area contributed by atoms with E-state index in [-0.39, 0.29) is 18.2 Å². The fourth-order valence-electron chi connectivity index (χ4n) is 2.74. The molecule has 0 bridgehead atoms. The zero-order chi connectivity index (χ0) is 17.1. The van der Waals surface area contributed by atoms with Gasteiger partial charge in [-0.15, -0.1) is 0 Å². The molecule has 1 fully saturated rings. The standard InChI is InChI=1S/C18H16Cl2N2O2/c19-14-6-7-15(20)16(9-14)22-11-13(8-17(22)23)18(24)21-10-12-4-2-1-3-5-12/h1-7,9,13H,8,10-11H2,(H,21,24). The first-order valence-corrected chi connectivity index (χ1v) is 8.37.